The van der Waals surface area contributed by atoms with Crippen molar-refractivity contribution in [3.63, 3.8) is 0 Å². The fourth-order valence-electron chi connectivity index (χ4n) is 1.21. The van der Waals surface area contributed by atoms with Gasteiger partial charge in [0.25, 0.3) is 0 Å². The molecule has 2 rings (SSSR count). The van der Waals surface area contributed by atoms with Gasteiger partial charge in [-0.25, -0.2) is 19.6 Å². The largest absolute Gasteiger partial charge is 0.293 e. The molecule has 0 spiro atoms. The second kappa shape index (κ2) is 4.88. The maximum Gasteiger partial charge on any atom is 0.248 e. The van der Waals surface area contributed by atoms with E-state index in [1.807, 2.05) is 0 Å². The van der Waals surface area contributed by atoms with E-state index in [0.717, 1.165) is 0 Å². The molecule has 0 saturated carbocycles. The highest BCUT2D eigenvalue weighted by atomic mass is 35.5. The second-order valence-corrected chi connectivity index (χ2v) is 3.68. The molecule has 0 aliphatic rings. The minimum absolute atomic E-state index is 0.0505. The highest BCUT2D eigenvalue weighted by Gasteiger charge is 2.07. The molecule has 0 aliphatic heterocycles. The Bertz CT molecular complexity index is 506. The molecular formula is C9H9ClN6O. The molecule has 0 saturated heterocycles. The lowest BCUT2D eigenvalue weighted by Gasteiger charge is -2.04. The van der Waals surface area contributed by atoms with Gasteiger partial charge < -0.3 is 0 Å². The summed E-state index contributed by atoms with van der Waals surface area (Å²) in [5.74, 6) is -0.114. The lowest BCUT2D eigenvalue weighted by atomic mass is 10.4. The molecular weight excluding hydrogens is 244 g/mol. The van der Waals surface area contributed by atoms with Crippen molar-refractivity contribution in [1.29, 1.82) is 0 Å². The van der Waals surface area contributed by atoms with Gasteiger partial charge in [0.15, 0.2) is 0 Å². The highest BCUT2D eigenvalue weighted by Crippen LogP contribution is 2.09. The topological polar surface area (TPSA) is 85.6 Å². The lowest BCUT2D eigenvalue weighted by Crippen LogP contribution is -2.20. The van der Waals surface area contributed by atoms with Gasteiger partial charge in [-0.3, -0.25) is 10.1 Å². The van der Waals surface area contributed by atoms with E-state index < -0.39 is 0 Å². The van der Waals surface area contributed by atoms with E-state index in [2.05, 4.69) is 25.4 Å². The molecule has 0 radical (unpaired) electrons. The van der Waals surface area contributed by atoms with Crippen LogP contribution in [0, 0.1) is 6.92 Å². The van der Waals surface area contributed by atoms with Gasteiger partial charge >= 0.3 is 0 Å². The van der Waals surface area contributed by atoms with Crippen LogP contribution in [0.15, 0.2) is 18.7 Å². The molecule has 2 aromatic heterocycles. The van der Waals surface area contributed by atoms with Gasteiger partial charge in [0.05, 0.1) is 0 Å². The molecule has 0 atom stereocenters. The van der Waals surface area contributed by atoms with Crippen molar-refractivity contribution >= 4 is 23.5 Å². The molecule has 0 unspecified atom stereocenters. The lowest BCUT2D eigenvalue weighted by molar-refractivity contribution is -0.117. The normalized spacial score (nSPS) is 10.2. The Labute approximate surface area is 102 Å². The molecule has 1 N–H and O–H groups in total. The van der Waals surface area contributed by atoms with Crippen LogP contribution in [0.3, 0.4) is 0 Å². The molecule has 2 heterocycles. The first-order valence-corrected chi connectivity index (χ1v) is 5.15. The number of hydrogen-bond donors (Lipinski definition) is 1. The van der Waals surface area contributed by atoms with Crippen LogP contribution in [-0.2, 0) is 11.3 Å². The molecule has 7 nitrogen and oxygen atoms in total. The van der Waals surface area contributed by atoms with Crippen molar-refractivity contribution in [2.75, 3.05) is 5.32 Å². The summed E-state index contributed by atoms with van der Waals surface area (Å²) < 4.78 is 1.40. The number of carbonyl (C=O) groups is 1. The number of amides is 1. The Kier molecular flexibility index (Phi) is 3.29. The molecule has 0 aromatic carbocycles. The molecule has 17 heavy (non-hydrogen) atoms. The van der Waals surface area contributed by atoms with E-state index >= 15 is 0 Å². The van der Waals surface area contributed by atoms with Crippen molar-refractivity contribution in [1.82, 2.24) is 24.7 Å². The quantitative estimate of drug-likeness (QED) is 0.812. The fraction of sp³-hybridized carbons (Fsp3) is 0.222. The van der Waals surface area contributed by atoms with Crippen LogP contribution >= 0.6 is 11.6 Å². The van der Waals surface area contributed by atoms with E-state index in [1.54, 1.807) is 13.0 Å². The summed E-state index contributed by atoms with van der Waals surface area (Å²) in [6.07, 6.45) is 2.80. The molecule has 0 aliphatic carbocycles. The number of aryl methyl sites for hydroxylation is 1. The molecule has 0 fully saturated rings. The molecule has 1 amide bonds. The number of nitrogens with one attached hydrogen (secondary N) is 1. The summed E-state index contributed by atoms with van der Waals surface area (Å²) in [5.41, 5.74) is 0.682. The maximum atomic E-state index is 11.6. The number of carbonyl (C=O) groups excluding carboxylic acids is 1. The third kappa shape index (κ3) is 3.22. The summed E-state index contributed by atoms with van der Waals surface area (Å²) in [6, 6.07) is 1.61. The van der Waals surface area contributed by atoms with Gasteiger partial charge in [0.2, 0.25) is 11.9 Å². The van der Waals surface area contributed by atoms with E-state index in [0.29, 0.717) is 5.69 Å². The summed E-state index contributed by atoms with van der Waals surface area (Å²) in [5, 5.41) is 6.62. The number of anilines is 1. The van der Waals surface area contributed by atoms with Gasteiger partial charge in [-0.15, -0.1) is 0 Å². The molecule has 2 aromatic rings. The van der Waals surface area contributed by atoms with E-state index in [-0.39, 0.29) is 23.6 Å². The summed E-state index contributed by atoms with van der Waals surface area (Å²) in [4.78, 5) is 23.2. The first-order chi connectivity index (χ1) is 8.13. The minimum atomic E-state index is -0.294. The number of nitrogens with zero attached hydrogens (tertiary/aromatic N) is 5. The molecule has 0 bridgehead atoms. The van der Waals surface area contributed by atoms with E-state index in [4.69, 9.17) is 11.6 Å². The first kappa shape index (κ1) is 11.5. The SMILES string of the molecule is Cc1cc(Cl)nc(NC(=O)Cn2cncn2)n1. The van der Waals surface area contributed by atoms with Gasteiger partial charge in [0, 0.05) is 5.69 Å². The Balaban J connectivity index is 2.03. The van der Waals surface area contributed by atoms with Crippen LogP contribution in [-0.4, -0.2) is 30.6 Å². The van der Waals surface area contributed by atoms with Gasteiger partial charge in [-0.05, 0) is 13.0 Å². The van der Waals surface area contributed by atoms with Crippen molar-refractivity contribution < 1.29 is 4.79 Å². The number of aromatic nitrogens is 5. The molecule has 88 valence electrons. The van der Waals surface area contributed by atoms with E-state index in [1.165, 1.54) is 17.3 Å². The smallest absolute Gasteiger partial charge is 0.248 e. The predicted molar refractivity (Wildman–Crippen MR) is 60.4 cm³/mol. The minimum Gasteiger partial charge on any atom is -0.293 e. The van der Waals surface area contributed by atoms with Crippen LogP contribution in [0.25, 0.3) is 0 Å². The third-order valence-electron chi connectivity index (χ3n) is 1.85. The Morgan fingerprint density at radius 3 is 3.00 bits per heavy atom. The molecule has 8 heteroatoms. The maximum absolute atomic E-state index is 11.6. The Morgan fingerprint density at radius 1 is 1.53 bits per heavy atom. The summed E-state index contributed by atoms with van der Waals surface area (Å²) in [6.45, 7) is 1.82. The number of halogens is 1. The van der Waals surface area contributed by atoms with Gasteiger partial charge in [-0.2, -0.15) is 5.10 Å². The van der Waals surface area contributed by atoms with Crippen LogP contribution in [0.4, 0.5) is 5.95 Å². The van der Waals surface area contributed by atoms with E-state index in [9.17, 15) is 4.79 Å². The van der Waals surface area contributed by atoms with Crippen molar-refractivity contribution in [2.24, 2.45) is 0 Å². The van der Waals surface area contributed by atoms with Crippen molar-refractivity contribution in [3.8, 4) is 0 Å². The van der Waals surface area contributed by atoms with Crippen LogP contribution in [0.1, 0.15) is 5.69 Å². The zero-order chi connectivity index (χ0) is 12.3. The third-order valence-corrected chi connectivity index (χ3v) is 2.04. The number of rotatable bonds is 3. The zero-order valence-electron chi connectivity index (χ0n) is 8.96. The van der Waals surface area contributed by atoms with Crippen LogP contribution in [0.2, 0.25) is 5.15 Å². The van der Waals surface area contributed by atoms with Gasteiger partial charge in [-0.1, -0.05) is 11.6 Å². The number of hydrogen-bond acceptors (Lipinski definition) is 5. The monoisotopic (exact) mass is 252 g/mol. The van der Waals surface area contributed by atoms with Crippen LogP contribution < -0.4 is 5.32 Å². The zero-order valence-corrected chi connectivity index (χ0v) is 9.72. The average Bonchev–Trinajstić information content (AvgIpc) is 2.67. The van der Waals surface area contributed by atoms with Gasteiger partial charge in [0.1, 0.15) is 24.4 Å². The van der Waals surface area contributed by atoms with Crippen LogP contribution in [0.5, 0.6) is 0 Å². The summed E-state index contributed by atoms with van der Waals surface area (Å²) in [7, 11) is 0. The first-order valence-electron chi connectivity index (χ1n) is 4.77. The fourth-order valence-corrected chi connectivity index (χ4v) is 1.45. The second-order valence-electron chi connectivity index (χ2n) is 3.30. The Morgan fingerprint density at radius 2 is 2.35 bits per heavy atom. The predicted octanol–water partition coefficient (Wildman–Crippen LogP) is 0.669. The standard InChI is InChI=1S/C9H9ClN6O/c1-6-2-7(10)14-9(13-6)15-8(17)3-16-5-11-4-12-16/h2,4-5H,3H2,1H3,(H,13,14,15,17). The summed E-state index contributed by atoms with van der Waals surface area (Å²) >= 11 is 5.75. The highest BCUT2D eigenvalue weighted by molar-refractivity contribution is 6.29. The average molecular weight is 253 g/mol. The van der Waals surface area contributed by atoms with Crippen molar-refractivity contribution in [3.05, 3.63) is 29.6 Å². The Hall–Kier alpha value is -2.02. The van der Waals surface area contributed by atoms with Crippen molar-refractivity contribution in [2.45, 2.75) is 13.5 Å².